The second-order valence-electron chi connectivity index (χ2n) is 6.73. The van der Waals surface area contributed by atoms with Crippen molar-refractivity contribution in [3.05, 3.63) is 59.9 Å². The van der Waals surface area contributed by atoms with Crippen LogP contribution in [-0.2, 0) is 11.3 Å². The monoisotopic (exact) mass is 349 g/mol. The second kappa shape index (κ2) is 6.83. The van der Waals surface area contributed by atoms with Crippen LogP contribution < -0.4 is 4.74 Å². The summed E-state index contributed by atoms with van der Waals surface area (Å²) in [7, 11) is 1.69. The van der Waals surface area contributed by atoms with Gasteiger partial charge in [-0.1, -0.05) is 30.3 Å². The first-order valence-electron chi connectivity index (χ1n) is 9.03. The molecule has 0 spiro atoms. The van der Waals surface area contributed by atoms with Gasteiger partial charge in [0.05, 0.1) is 30.7 Å². The van der Waals surface area contributed by atoms with Crippen molar-refractivity contribution in [1.82, 2.24) is 14.5 Å². The number of ether oxygens (including phenoxy) is 1. The van der Waals surface area contributed by atoms with E-state index in [4.69, 9.17) is 9.72 Å². The molecule has 0 saturated carbocycles. The highest BCUT2D eigenvalue weighted by molar-refractivity contribution is 5.77. The smallest absolute Gasteiger partial charge is 0.220 e. The Balaban J connectivity index is 1.83. The summed E-state index contributed by atoms with van der Waals surface area (Å²) in [5.74, 6) is 1.94. The lowest BCUT2D eigenvalue weighted by atomic mass is 10.1. The molecule has 1 aliphatic rings. The van der Waals surface area contributed by atoms with Crippen LogP contribution in [0.2, 0.25) is 0 Å². The van der Waals surface area contributed by atoms with Crippen LogP contribution in [-0.4, -0.2) is 34.0 Å². The molecular weight excluding hydrogens is 326 g/mol. The zero-order valence-electron chi connectivity index (χ0n) is 15.2. The van der Waals surface area contributed by atoms with Gasteiger partial charge in [0, 0.05) is 19.0 Å². The summed E-state index contributed by atoms with van der Waals surface area (Å²) in [5, 5.41) is 0. The van der Waals surface area contributed by atoms with E-state index in [2.05, 4.69) is 16.7 Å². The molecule has 0 aliphatic carbocycles. The summed E-state index contributed by atoms with van der Waals surface area (Å²) in [5.41, 5.74) is 3.16. The number of amides is 1. The molecule has 4 rings (SSSR count). The summed E-state index contributed by atoms with van der Waals surface area (Å²) in [4.78, 5) is 18.9. The van der Waals surface area contributed by atoms with Gasteiger partial charge >= 0.3 is 0 Å². The number of aromatic nitrogens is 2. The lowest BCUT2D eigenvalue weighted by Crippen LogP contribution is -2.30. The Morgan fingerprint density at radius 2 is 1.96 bits per heavy atom. The molecule has 134 valence electrons. The van der Waals surface area contributed by atoms with Crippen molar-refractivity contribution in [2.75, 3.05) is 13.7 Å². The van der Waals surface area contributed by atoms with E-state index in [9.17, 15) is 4.79 Å². The lowest BCUT2D eigenvalue weighted by molar-refractivity contribution is -0.129. The van der Waals surface area contributed by atoms with Crippen LogP contribution in [0.15, 0.2) is 48.5 Å². The SMILES string of the molecule is COc1ccccc1Cn1c(C2CCCN2C(C)=O)nc2ccccc21. The molecule has 1 aromatic heterocycles. The predicted octanol–water partition coefficient (Wildman–Crippen LogP) is 3.78. The van der Waals surface area contributed by atoms with Crippen molar-refractivity contribution in [2.45, 2.75) is 32.4 Å². The Hall–Kier alpha value is -2.82. The molecule has 2 aromatic carbocycles. The fourth-order valence-electron chi connectivity index (χ4n) is 3.93. The van der Waals surface area contributed by atoms with E-state index in [1.807, 2.05) is 41.3 Å². The lowest BCUT2D eigenvalue weighted by Gasteiger charge is -2.24. The first kappa shape index (κ1) is 16.6. The third kappa shape index (κ3) is 2.83. The minimum Gasteiger partial charge on any atom is -0.496 e. The quantitative estimate of drug-likeness (QED) is 0.720. The predicted molar refractivity (Wildman–Crippen MR) is 101 cm³/mol. The Labute approximate surface area is 153 Å². The van der Waals surface area contributed by atoms with Gasteiger partial charge in [-0.3, -0.25) is 4.79 Å². The highest BCUT2D eigenvalue weighted by Crippen LogP contribution is 2.34. The third-order valence-corrected chi connectivity index (χ3v) is 5.16. The topological polar surface area (TPSA) is 47.4 Å². The van der Waals surface area contributed by atoms with Crippen LogP contribution in [0.5, 0.6) is 5.75 Å². The van der Waals surface area contributed by atoms with Gasteiger partial charge in [0.2, 0.25) is 5.91 Å². The molecule has 1 unspecified atom stereocenters. The van der Waals surface area contributed by atoms with E-state index in [1.54, 1.807) is 14.0 Å². The number of fused-ring (bicyclic) bond motifs is 1. The Bertz CT molecular complexity index is 947. The van der Waals surface area contributed by atoms with Crippen molar-refractivity contribution in [3.8, 4) is 5.75 Å². The molecular formula is C21H23N3O2. The molecule has 0 N–H and O–H groups in total. The van der Waals surface area contributed by atoms with Gasteiger partial charge in [-0.25, -0.2) is 4.98 Å². The fourth-order valence-corrected chi connectivity index (χ4v) is 3.93. The molecule has 1 atom stereocenters. The molecule has 1 fully saturated rings. The Kier molecular flexibility index (Phi) is 4.37. The summed E-state index contributed by atoms with van der Waals surface area (Å²) >= 11 is 0. The summed E-state index contributed by atoms with van der Waals surface area (Å²) < 4.78 is 7.77. The van der Waals surface area contributed by atoms with Crippen molar-refractivity contribution < 1.29 is 9.53 Å². The number of imidazole rings is 1. The van der Waals surface area contributed by atoms with Gasteiger partial charge in [0.1, 0.15) is 11.6 Å². The van der Waals surface area contributed by atoms with Gasteiger partial charge in [0.15, 0.2) is 0 Å². The molecule has 3 aromatic rings. The number of para-hydroxylation sites is 3. The maximum absolute atomic E-state index is 12.1. The number of nitrogens with zero attached hydrogens (tertiary/aromatic N) is 3. The average Bonchev–Trinajstić information content (AvgIpc) is 3.27. The highest BCUT2D eigenvalue weighted by atomic mass is 16.5. The van der Waals surface area contributed by atoms with Crippen LogP contribution in [0.3, 0.4) is 0 Å². The molecule has 26 heavy (non-hydrogen) atoms. The van der Waals surface area contributed by atoms with Crippen LogP contribution in [0.4, 0.5) is 0 Å². The number of carbonyl (C=O) groups excluding carboxylic acids is 1. The zero-order valence-corrected chi connectivity index (χ0v) is 15.2. The van der Waals surface area contributed by atoms with Gasteiger partial charge in [-0.05, 0) is 31.0 Å². The molecule has 5 heteroatoms. The summed E-state index contributed by atoms with van der Waals surface area (Å²) in [6.45, 7) is 3.12. The van der Waals surface area contributed by atoms with Crippen molar-refractivity contribution in [3.63, 3.8) is 0 Å². The van der Waals surface area contributed by atoms with Gasteiger partial charge < -0.3 is 14.2 Å². The van der Waals surface area contributed by atoms with E-state index in [0.717, 1.165) is 47.6 Å². The van der Waals surface area contributed by atoms with E-state index >= 15 is 0 Å². The number of likely N-dealkylation sites (tertiary alicyclic amines) is 1. The molecule has 0 bridgehead atoms. The van der Waals surface area contributed by atoms with E-state index in [1.165, 1.54) is 0 Å². The van der Waals surface area contributed by atoms with E-state index in [-0.39, 0.29) is 11.9 Å². The Morgan fingerprint density at radius 3 is 2.77 bits per heavy atom. The number of hydrogen-bond acceptors (Lipinski definition) is 3. The number of rotatable bonds is 4. The first-order valence-corrected chi connectivity index (χ1v) is 9.03. The van der Waals surface area contributed by atoms with Crippen LogP contribution in [0, 0.1) is 0 Å². The maximum atomic E-state index is 12.1. The number of carbonyl (C=O) groups is 1. The van der Waals surface area contributed by atoms with Crippen molar-refractivity contribution in [1.29, 1.82) is 0 Å². The van der Waals surface area contributed by atoms with Gasteiger partial charge in [-0.15, -0.1) is 0 Å². The van der Waals surface area contributed by atoms with Gasteiger partial charge in [0.25, 0.3) is 0 Å². The number of methoxy groups -OCH3 is 1. The van der Waals surface area contributed by atoms with Crippen LogP contribution in [0.1, 0.15) is 37.2 Å². The molecule has 2 heterocycles. The van der Waals surface area contributed by atoms with Crippen molar-refractivity contribution in [2.24, 2.45) is 0 Å². The second-order valence-corrected chi connectivity index (χ2v) is 6.73. The molecule has 0 radical (unpaired) electrons. The average molecular weight is 349 g/mol. The van der Waals surface area contributed by atoms with E-state index in [0.29, 0.717) is 6.54 Å². The summed E-state index contributed by atoms with van der Waals surface area (Å²) in [6, 6.07) is 16.2. The molecule has 5 nitrogen and oxygen atoms in total. The zero-order chi connectivity index (χ0) is 18.1. The molecule has 1 amide bonds. The minimum absolute atomic E-state index is 0.0367. The van der Waals surface area contributed by atoms with E-state index < -0.39 is 0 Å². The van der Waals surface area contributed by atoms with Crippen molar-refractivity contribution >= 4 is 16.9 Å². The standard InChI is InChI=1S/C21H23N3O2/c1-15(25)23-13-7-11-19(23)21-22-17-9-4-5-10-18(17)24(21)14-16-8-3-6-12-20(16)26-2/h3-6,8-10,12,19H,7,11,13-14H2,1-2H3. The molecule has 1 aliphatic heterocycles. The van der Waals surface area contributed by atoms with Gasteiger partial charge in [-0.2, -0.15) is 0 Å². The number of hydrogen-bond donors (Lipinski definition) is 0. The number of benzene rings is 2. The Morgan fingerprint density at radius 1 is 1.19 bits per heavy atom. The normalized spacial score (nSPS) is 17.0. The largest absolute Gasteiger partial charge is 0.496 e. The molecule has 1 saturated heterocycles. The fraction of sp³-hybridized carbons (Fsp3) is 0.333. The minimum atomic E-state index is 0.0367. The van der Waals surface area contributed by atoms with Crippen LogP contribution >= 0.6 is 0 Å². The maximum Gasteiger partial charge on any atom is 0.220 e. The summed E-state index contributed by atoms with van der Waals surface area (Å²) in [6.07, 6.45) is 1.97. The van der Waals surface area contributed by atoms with Crippen LogP contribution in [0.25, 0.3) is 11.0 Å². The first-order chi connectivity index (χ1) is 12.7. The highest BCUT2D eigenvalue weighted by Gasteiger charge is 2.32. The third-order valence-electron chi connectivity index (χ3n) is 5.16.